The quantitative estimate of drug-likeness (QED) is 0.849. The van der Waals surface area contributed by atoms with Crippen molar-refractivity contribution in [2.24, 2.45) is 0 Å². The number of aliphatic carboxylic acids is 1. The first kappa shape index (κ1) is 14.6. The van der Waals surface area contributed by atoms with E-state index in [1.165, 1.54) is 17.3 Å². The second-order valence-electron chi connectivity index (χ2n) is 5.92. The fourth-order valence-electron chi connectivity index (χ4n) is 2.87. The van der Waals surface area contributed by atoms with Crippen LogP contribution < -0.4 is 4.90 Å². The van der Waals surface area contributed by atoms with Crippen LogP contribution in [0.5, 0.6) is 0 Å². The van der Waals surface area contributed by atoms with Gasteiger partial charge < -0.3 is 10.0 Å². The fourth-order valence-corrected chi connectivity index (χ4v) is 2.87. The van der Waals surface area contributed by atoms with Gasteiger partial charge in [-0.2, -0.15) is 0 Å². The Balaban J connectivity index is 2.44. The van der Waals surface area contributed by atoms with E-state index in [1.54, 1.807) is 0 Å². The molecule has 1 aliphatic rings. The standard InChI is InChI=1S/C17H23NO2/c1-11(2)18-8-7-12(3)15-10-14(5-6-16(15)18)13(4)9-17(19)20/h5-6,9-12H,7-8H2,1-4H3,(H,19,20)/b13-9-. The lowest BCUT2D eigenvalue weighted by molar-refractivity contribution is -0.131. The number of allylic oxidation sites excluding steroid dienone is 1. The van der Waals surface area contributed by atoms with E-state index < -0.39 is 5.97 Å². The number of nitrogens with zero attached hydrogens (tertiary/aromatic N) is 1. The molecule has 1 unspecified atom stereocenters. The van der Waals surface area contributed by atoms with Crippen LogP contribution in [0.15, 0.2) is 24.3 Å². The Kier molecular flexibility index (Phi) is 4.17. The molecule has 0 fully saturated rings. The van der Waals surface area contributed by atoms with Crippen LogP contribution in [0, 0.1) is 0 Å². The summed E-state index contributed by atoms with van der Waals surface area (Å²) in [5.74, 6) is -0.366. The number of hydrogen-bond donors (Lipinski definition) is 1. The molecule has 2 rings (SSSR count). The Labute approximate surface area is 120 Å². The minimum atomic E-state index is -0.892. The van der Waals surface area contributed by atoms with E-state index in [9.17, 15) is 4.79 Å². The molecule has 1 aromatic rings. The highest BCUT2D eigenvalue weighted by Gasteiger charge is 2.24. The Hall–Kier alpha value is -1.77. The van der Waals surface area contributed by atoms with Crippen molar-refractivity contribution < 1.29 is 9.90 Å². The zero-order valence-corrected chi connectivity index (χ0v) is 12.7. The summed E-state index contributed by atoms with van der Waals surface area (Å²) < 4.78 is 0. The van der Waals surface area contributed by atoms with Gasteiger partial charge in [0.25, 0.3) is 0 Å². The predicted molar refractivity (Wildman–Crippen MR) is 83.2 cm³/mol. The summed E-state index contributed by atoms with van der Waals surface area (Å²) in [6.07, 6.45) is 2.42. The smallest absolute Gasteiger partial charge is 0.328 e. The van der Waals surface area contributed by atoms with Crippen molar-refractivity contribution in [2.45, 2.75) is 46.1 Å². The molecule has 1 aliphatic heterocycles. The average Bonchev–Trinajstić information content (AvgIpc) is 2.37. The van der Waals surface area contributed by atoms with E-state index in [4.69, 9.17) is 5.11 Å². The van der Waals surface area contributed by atoms with E-state index in [-0.39, 0.29) is 0 Å². The maximum absolute atomic E-state index is 10.8. The van der Waals surface area contributed by atoms with Crippen molar-refractivity contribution in [2.75, 3.05) is 11.4 Å². The van der Waals surface area contributed by atoms with Crippen LogP contribution in [0.1, 0.15) is 51.2 Å². The highest BCUT2D eigenvalue weighted by Crippen LogP contribution is 2.37. The van der Waals surface area contributed by atoms with Crippen LogP contribution in [-0.4, -0.2) is 23.7 Å². The van der Waals surface area contributed by atoms with Crippen LogP contribution in [0.2, 0.25) is 0 Å². The number of rotatable bonds is 3. The van der Waals surface area contributed by atoms with E-state index >= 15 is 0 Å². The van der Waals surface area contributed by atoms with Crippen molar-refractivity contribution in [3.8, 4) is 0 Å². The minimum absolute atomic E-state index is 0.489. The van der Waals surface area contributed by atoms with Gasteiger partial charge in [-0.1, -0.05) is 13.0 Å². The molecule has 3 nitrogen and oxygen atoms in total. The van der Waals surface area contributed by atoms with Crippen LogP contribution in [0.4, 0.5) is 5.69 Å². The van der Waals surface area contributed by atoms with E-state index in [2.05, 4.69) is 37.8 Å². The van der Waals surface area contributed by atoms with Crippen molar-refractivity contribution >= 4 is 17.2 Å². The topological polar surface area (TPSA) is 40.5 Å². The SMILES string of the molecule is C/C(=C/C(=O)O)c1ccc2c(c1)C(C)CCN2C(C)C. The van der Waals surface area contributed by atoms with Crippen molar-refractivity contribution in [3.63, 3.8) is 0 Å². The van der Waals surface area contributed by atoms with E-state index in [1.807, 2.05) is 13.0 Å². The summed E-state index contributed by atoms with van der Waals surface area (Å²) in [6, 6.07) is 6.81. The molecule has 0 spiro atoms. The van der Waals surface area contributed by atoms with E-state index in [0.29, 0.717) is 12.0 Å². The number of anilines is 1. The molecule has 0 radical (unpaired) electrons. The van der Waals surface area contributed by atoms with Crippen molar-refractivity contribution in [3.05, 3.63) is 35.4 Å². The summed E-state index contributed by atoms with van der Waals surface area (Å²) in [5, 5.41) is 8.87. The average molecular weight is 273 g/mol. The first-order chi connectivity index (χ1) is 9.40. The van der Waals surface area contributed by atoms with Gasteiger partial charge in [0.2, 0.25) is 0 Å². The van der Waals surface area contributed by atoms with Crippen LogP contribution in [-0.2, 0) is 4.79 Å². The second kappa shape index (κ2) is 5.70. The number of benzene rings is 1. The number of fused-ring (bicyclic) bond motifs is 1. The molecule has 1 atom stereocenters. The third-order valence-corrected chi connectivity index (χ3v) is 4.09. The highest BCUT2D eigenvalue weighted by atomic mass is 16.4. The van der Waals surface area contributed by atoms with Gasteiger partial charge in [-0.05, 0) is 61.9 Å². The lowest BCUT2D eigenvalue weighted by Gasteiger charge is -2.37. The highest BCUT2D eigenvalue weighted by molar-refractivity contribution is 5.89. The Morgan fingerprint density at radius 2 is 2.15 bits per heavy atom. The normalized spacial score (nSPS) is 19.1. The van der Waals surface area contributed by atoms with Crippen LogP contribution >= 0.6 is 0 Å². The lowest BCUT2D eigenvalue weighted by Crippen LogP contribution is -2.36. The first-order valence-electron chi connectivity index (χ1n) is 7.22. The first-order valence-corrected chi connectivity index (χ1v) is 7.22. The number of carboxylic acid groups (broad SMARTS) is 1. The molecular weight excluding hydrogens is 250 g/mol. The molecule has 0 saturated carbocycles. The van der Waals surface area contributed by atoms with E-state index in [0.717, 1.165) is 24.1 Å². The maximum atomic E-state index is 10.8. The molecule has 3 heteroatoms. The number of hydrogen-bond acceptors (Lipinski definition) is 2. The molecule has 0 bridgehead atoms. The Morgan fingerprint density at radius 3 is 2.75 bits per heavy atom. The van der Waals surface area contributed by atoms with Gasteiger partial charge in [-0.25, -0.2) is 4.79 Å². The molecule has 0 saturated heterocycles. The maximum Gasteiger partial charge on any atom is 0.328 e. The summed E-state index contributed by atoms with van der Waals surface area (Å²) in [6.45, 7) is 9.61. The summed E-state index contributed by atoms with van der Waals surface area (Å²) in [7, 11) is 0. The van der Waals surface area contributed by atoms with Gasteiger partial charge in [0.1, 0.15) is 0 Å². The van der Waals surface area contributed by atoms with Crippen LogP contribution in [0.3, 0.4) is 0 Å². The Bertz CT molecular complexity index is 546. The molecule has 1 N–H and O–H groups in total. The van der Waals surface area contributed by atoms with Gasteiger partial charge in [-0.15, -0.1) is 0 Å². The summed E-state index contributed by atoms with van der Waals surface area (Å²) in [4.78, 5) is 13.2. The largest absolute Gasteiger partial charge is 0.478 e. The molecule has 1 heterocycles. The second-order valence-corrected chi connectivity index (χ2v) is 5.92. The zero-order valence-electron chi connectivity index (χ0n) is 12.7. The molecule has 1 aromatic carbocycles. The fraction of sp³-hybridized carbons (Fsp3) is 0.471. The monoisotopic (exact) mass is 273 g/mol. The number of carboxylic acids is 1. The molecular formula is C17H23NO2. The van der Waals surface area contributed by atoms with Gasteiger partial charge in [-0.3, -0.25) is 0 Å². The third-order valence-electron chi connectivity index (χ3n) is 4.09. The molecule has 20 heavy (non-hydrogen) atoms. The minimum Gasteiger partial charge on any atom is -0.478 e. The molecule has 108 valence electrons. The summed E-state index contributed by atoms with van der Waals surface area (Å²) in [5.41, 5.74) is 4.43. The predicted octanol–water partition coefficient (Wildman–Crippen LogP) is 3.90. The summed E-state index contributed by atoms with van der Waals surface area (Å²) >= 11 is 0. The molecule has 0 aromatic heterocycles. The van der Waals surface area contributed by atoms with Gasteiger partial charge in [0.05, 0.1) is 0 Å². The van der Waals surface area contributed by atoms with Crippen molar-refractivity contribution in [1.29, 1.82) is 0 Å². The number of carbonyl (C=O) groups is 1. The molecule has 0 aliphatic carbocycles. The van der Waals surface area contributed by atoms with Crippen LogP contribution in [0.25, 0.3) is 5.57 Å². The van der Waals surface area contributed by atoms with Gasteiger partial charge >= 0.3 is 5.97 Å². The lowest BCUT2D eigenvalue weighted by atomic mass is 9.88. The third kappa shape index (κ3) is 2.87. The zero-order chi connectivity index (χ0) is 14.9. The van der Waals surface area contributed by atoms with Gasteiger partial charge in [0.15, 0.2) is 0 Å². The molecule has 0 amide bonds. The Morgan fingerprint density at radius 1 is 1.45 bits per heavy atom. The van der Waals surface area contributed by atoms with Gasteiger partial charge in [0, 0.05) is 24.4 Å². The van der Waals surface area contributed by atoms with Crippen molar-refractivity contribution in [1.82, 2.24) is 0 Å².